The minimum absolute atomic E-state index is 0.110. The molecule has 2 heterocycles. The third-order valence-corrected chi connectivity index (χ3v) is 4.77. The first-order chi connectivity index (χ1) is 12.5. The predicted octanol–water partition coefficient (Wildman–Crippen LogP) is 1.79. The Morgan fingerprint density at radius 3 is 2.92 bits per heavy atom. The quantitative estimate of drug-likeness (QED) is 0.750. The number of hydrogen-bond acceptors (Lipinski definition) is 7. The molecule has 0 radical (unpaired) electrons. The van der Waals surface area contributed by atoms with Crippen LogP contribution in [0.4, 0.5) is 5.69 Å². The number of amides is 1. The molecule has 8 heteroatoms. The number of carbonyl (C=O) groups is 2. The fraction of sp³-hybridized carbons (Fsp3) is 0.278. The van der Waals surface area contributed by atoms with Crippen LogP contribution in [-0.2, 0) is 14.3 Å². The Kier molecular flexibility index (Phi) is 5.34. The highest BCUT2D eigenvalue weighted by molar-refractivity contribution is 7.09. The van der Waals surface area contributed by atoms with Gasteiger partial charge in [-0.2, -0.15) is 0 Å². The second kappa shape index (κ2) is 7.67. The second-order valence-electron chi connectivity index (χ2n) is 5.75. The Hall–Kier alpha value is -2.71. The van der Waals surface area contributed by atoms with Crippen LogP contribution in [0, 0.1) is 6.92 Å². The predicted molar refractivity (Wildman–Crippen MR) is 98.6 cm³/mol. The molecule has 1 aliphatic rings. The standard InChI is InChI=1S/C18H19N3O4S/c1-11-19-15(10-26-11)12-4-3-5-13(8-12)20-16-14(18(24)25-2)9-21(6-7-22)17(16)23/h3-5,8,10,20,22H,6-7,9H2,1-2H3. The highest BCUT2D eigenvalue weighted by atomic mass is 32.1. The number of rotatable bonds is 6. The van der Waals surface area contributed by atoms with Gasteiger partial charge in [-0.05, 0) is 19.1 Å². The van der Waals surface area contributed by atoms with Crippen molar-refractivity contribution in [2.24, 2.45) is 0 Å². The van der Waals surface area contributed by atoms with Crippen molar-refractivity contribution in [3.63, 3.8) is 0 Å². The summed E-state index contributed by atoms with van der Waals surface area (Å²) in [4.78, 5) is 30.5. The van der Waals surface area contributed by atoms with Gasteiger partial charge in [-0.15, -0.1) is 11.3 Å². The molecule has 0 aliphatic carbocycles. The lowest BCUT2D eigenvalue weighted by molar-refractivity contribution is -0.136. The number of anilines is 1. The van der Waals surface area contributed by atoms with Crippen molar-refractivity contribution in [3.05, 3.63) is 45.9 Å². The van der Waals surface area contributed by atoms with Gasteiger partial charge in [-0.1, -0.05) is 12.1 Å². The molecule has 0 bridgehead atoms. The van der Waals surface area contributed by atoms with Crippen molar-refractivity contribution in [2.75, 3.05) is 32.1 Å². The lowest BCUT2D eigenvalue weighted by atomic mass is 10.1. The van der Waals surface area contributed by atoms with Crippen molar-refractivity contribution >= 4 is 28.9 Å². The normalized spacial score (nSPS) is 14.1. The number of aryl methyl sites for hydroxylation is 1. The molecular weight excluding hydrogens is 354 g/mol. The molecule has 3 rings (SSSR count). The Bertz CT molecular complexity index is 875. The van der Waals surface area contributed by atoms with E-state index in [1.807, 2.05) is 36.6 Å². The largest absolute Gasteiger partial charge is 0.466 e. The molecule has 0 fully saturated rings. The van der Waals surface area contributed by atoms with Gasteiger partial charge in [0.05, 0.1) is 36.5 Å². The first-order valence-corrected chi connectivity index (χ1v) is 8.92. The van der Waals surface area contributed by atoms with Crippen LogP contribution in [0.2, 0.25) is 0 Å². The van der Waals surface area contributed by atoms with Gasteiger partial charge in [0, 0.05) is 23.2 Å². The number of ether oxygens (including phenoxy) is 1. The van der Waals surface area contributed by atoms with Gasteiger partial charge < -0.3 is 20.1 Å². The Balaban J connectivity index is 1.90. The van der Waals surface area contributed by atoms with Crippen molar-refractivity contribution in [1.29, 1.82) is 0 Å². The van der Waals surface area contributed by atoms with Gasteiger partial charge in [0.15, 0.2) is 0 Å². The summed E-state index contributed by atoms with van der Waals surface area (Å²) in [5, 5.41) is 15.1. The minimum Gasteiger partial charge on any atom is -0.466 e. The number of benzene rings is 1. The van der Waals surface area contributed by atoms with E-state index in [1.165, 1.54) is 12.0 Å². The number of thiazole rings is 1. The number of aliphatic hydroxyl groups excluding tert-OH is 1. The molecule has 2 N–H and O–H groups in total. The monoisotopic (exact) mass is 373 g/mol. The van der Waals surface area contributed by atoms with E-state index < -0.39 is 5.97 Å². The number of carbonyl (C=O) groups excluding carboxylic acids is 2. The van der Waals surface area contributed by atoms with E-state index in [1.54, 1.807) is 11.3 Å². The fourth-order valence-electron chi connectivity index (χ4n) is 2.75. The third kappa shape index (κ3) is 3.61. The topological polar surface area (TPSA) is 91.8 Å². The van der Waals surface area contributed by atoms with E-state index in [2.05, 4.69) is 10.3 Å². The maximum atomic E-state index is 12.6. The average molecular weight is 373 g/mol. The fourth-order valence-corrected chi connectivity index (χ4v) is 3.37. The molecule has 0 saturated carbocycles. The van der Waals surface area contributed by atoms with Crippen molar-refractivity contribution in [1.82, 2.24) is 9.88 Å². The first kappa shape index (κ1) is 18.1. The SMILES string of the molecule is COC(=O)C1=C(Nc2cccc(-c3csc(C)n3)c2)C(=O)N(CCO)C1. The maximum absolute atomic E-state index is 12.6. The molecule has 136 valence electrons. The number of β-amino-alcohol motifs (C(OH)–C–C–N with tert-alkyl or cyclic N) is 1. The summed E-state index contributed by atoms with van der Waals surface area (Å²) in [7, 11) is 1.28. The number of aliphatic hydroxyl groups is 1. The molecule has 0 unspecified atom stereocenters. The molecule has 1 aliphatic heterocycles. The minimum atomic E-state index is -0.562. The molecule has 1 amide bonds. The van der Waals surface area contributed by atoms with Crippen molar-refractivity contribution < 1.29 is 19.4 Å². The van der Waals surface area contributed by atoms with Crippen LogP contribution in [0.1, 0.15) is 5.01 Å². The van der Waals surface area contributed by atoms with Crippen molar-refractivity contribution in [2.45, 2.75) is 6.92 Å². The van der Waals surface area contributed by atoms with E-state index in [4.69, 9.17) is 9.84 Å². The molecule has 0 spiro atoms. The highest BCUT2D eigenvalue weighted by Crippen LogP contribution is 2.27. The summed E-state index contributed by atoms with van der Waals surface area (Å²) in [5.41, 5.74) is 2.87. The average Bonchev–Trinajstić information content (AvgIpc) is 3.20. The van der Waals surface area contributed by atoms with Crippen LogP contribution in [-0.4, -0.2) is 53.7 Å². The molecule has 2 aromatic rings. The van der Waals surface area contributed by atoms with Crippen LogP contribution in [0.5, 0.6) is 0 Å². The molecule has 0 atom stereocenters. The number of methoxy groups -OCH3 is 1. The number of nitrogens with one attached hydrogen (secondary N) is 1. The lowest BCUT2D eigenvalue weighted by Gasteiger charge is -2.15. The van der Waals surface area contributed by atoms with Crippen LogP contribution in [0.3, 0.4) is 0 Å². The zero-order chi connectivity index (χ0) is 18.7. The number of aromatic nitrogens is 1. The van der Waals surface area contributed by atoms with Crippen LogP contribution < -0.4 is 5.32 Å². The molecule has 1 aromatic heterocycles. The van der Waals surface area contributed by atoms with Crippen LogP contribution >= 0.6 is 11.3 Å². The zero-order valence-electron chi connectivity index (χ0n) is 14.5. The summed E-state index contributed by atoms with van der Waals surface area (Å²) in [6, 6.07) is 7.48. The first-order valence-electron chi connectivity index (χ1n) is 8.04. The Morgan fingerprint density at radius 2 is 2.27 bits per heavy atom. The van der Waals surface area contributed by atoms with E-state index in [0.717, 1.165) is 16.3 Å². The summed E-state index contributed by atoms with van der Waals surface area (Å²) < 4.78 is 4.79. The van der Waals surface area contributed by atoms with Gasteiger partial charge in [0.1, 0.15) is 5.70 Å². The highest BCUT2D eigenvalue weighted by Gasteiger charge is 2.34. The molecule has 1 aromatic carbocycles. The van der Waals surface area contributed by atoms with Gasteiger partial charge in [0.2, 0.25) is 0 Å². The molecular formula is C18H19N3O4S. The van der Waals surface area contributed by atoms with E-state index in [0.29, 0.717) is 5.69 Å². The van der Waals surface area contributed by atoms with Gasteiger partial charge in [-0.25, -0.2) is 9.78 Å². The number of hydrogen-bond donors (Lipinski definition) is 2. The van der Waals surface area contributed by atoms with Crippen LogP contribution in [0.15, 0.2) is 40.9 Å². The van der Waals surface area contributed by atoms with E-state index >= 15 is 0 Å². The third-order valence-electron chi connectivity index (χ3n) is 4.00. The van der Waals surface area contributed by atoms with Gasteiger partial charge in [0.25, 0.3) is 5.91 Å². The van der Waals surface area contributed by atoms with E-state index in [-0.39, 0.29) is 36.9 Å². The van der Waals surface area contributed by atoms with Crippen molar-refractivity contribution in [3.8, 4) is 11.3 Å². The zero-order valence-corrected chi connectivity index (χ0v) is 15.3. The number of esters is 1. The summed E-state index contributed by atoms with van der Waals surface area (Å²) in [6.45, 7) is 2.03. The smallest absolute Gasteiger partial charge is 0.337 e. The summed E-state index contributed by atoms with van der Waals surface area (Å²) in [6.07, 6.45) is 0. The van der Waals surface area contributed by atoms with Crippen LogP contribution in [0.25, 0.3) is 11.3 Å². The number of nitrogens with zero attached hydrogens (tertiary/aromatic N) is 2. The Morgan fingerprint density at radius 1 is 1.46 bits per heavy atom. The second-order valence-corrected chi connectivity index (χ2v) is 6.82. The Labute approximate surface area is 154 Å². The van der Waals surface area contributed by atoms with Gasteiger partial charge >= 0.3 is 5.97 Å². The lowest BCUT2D eigenvalue weighted by Crippen LogP contribution is -2.31. The van der Waals surface area contributed by atoms with Gasteiger partial charge in [-0.3, -0.25) is 4.79 Å². The maximum Gasteiger partial charge on any atom is 0.337 e. The summed E-state index contributed by atoms with van der Waals surface area (Å²) in [5.74, 6) is -0.901. The molecule has 7 nitrogen and oxygen atoms in total. The molecule has 0 saturated heterocycles. The van der Waals surface area contributed by atoms with E-state index in [9.17, 15) is 9.59 Å². The molecule has 26 heavy (non-hydrogen) atoms. The summed E-state index contributed by atoms with van der Waals surface area (Å²) >= 11 is 1.56.